The molecular formula is C15H22O3Si. The molecule has 0 saturated carbocycles. The van der Waals surface area contributed by atoms with Crippen molar-refractivity contribution in [3.63, 3.8) is 0 Å². The van der Waals surface area contributed by atoms with E-state index in [0.717, 1.165) is 12.0 Å². The third-order valence-electron chi connectivity index (χ3n) is 4.72. The van der Waals surface area contributed by atoms with Gasteiger partial charge in [-0.25, -0.2) is 4.89 Å². The topological polar surface area (TPSA) is 27.7 Å². The highest BCUT2D eigenvalue weighted by atomic mass is 28.4. The Balaban J connectivity index is 1.97. The van der Waals surface area contributed by atoms with E-state index in [4.69, 9.17) is 14.2 Å². The Kier molecular flexibility index (Phi) is 2.74. The molecule has 3 rings (SSSR count). The van der Waals surface area contributed by atoms with Crippen molar-refractivity contribution in [1.29, 1.82) is 0 Å². The van der Waals surface area contributed by atoms with E-state index in [1.54, 1.807) is 0 Å². The molecule has 0 amide bonds. The van der Waals surface area contributed by atoms with E-state index >= 15 is 0 Å². The maximum atomic E-state index is 6.57. The molecule has 0 spiro atoms. The molecule has 1 heterocycles. The number of fused-ring (bicyclic) bond motifs is 3. The Bertz CT molecular complexity index is 506. The molecule has 0 unspecified atom stereocenters. The molecule has 0 aromatic heterocycles. The van der Waals surface area contributed by atoms with Gasteiger partial charge < -0.3 is 4.43 Å². The summed E-state index contributed by atoms with van der Waals surface area (Å²) < 4.78 is 6.57. The van der Waals surface area contributed by atoms with E-state index in [1.807, 2.05) is 6.07 Å². The first-order valence-electron chi connectivity index (χ1n) is 6.89. The SMILES string of the molecule is CC(C)(C)[Si](C)(C)O[C@]12OO[C@H]1Cc1ccccc12. The predicted molar refractivity (Wildman–Crippen MR) is 76.1 cm³/mol. The molecule has 0 bridgehead atoms. The van der Waals surface area contributed by atoms with Gasteiger partial charge in [-0.2, -0.15) is 4.89 Å². The van der Waals surface area contributed by atoms with Crippen LogP contribution in [0.2, 0.25) is 18.1 Å². The number of rotatable bonds is 2. The van der Waals surface area contributed by atoms with Crippen molar-refractivity contribution in [3.8, 4) is 0 Å². The second-order valence-corrected chi connectivity index (χ2v) is 11.8. The maximum Gasteiger partial charge on any atom is 0.249 e. The third kappa shape index (κ3) is 1.81. The first-order valence-corrected chi connectivity index (χ1v) is 9.80. The van der Waals surface area contributed by atoms with Gasteiger partial charge in [0.2, 0.25) is 5.79 Å². The second kappa shape index (κ2) is 3.91. The van der Waals surface area contributed by atoms with E-state index in [2.05, 4.69) is 52.1 Å². The van der Waals surface area contributed by atoms with Gasteiger partial charge in [-0.05, 0) is 23.7 Å². The Labute approximate surface area is 115 Å². The van der Waals surface area contributed by atoms with Crippen LogP contribution in [0.15, 0.2) is 24.3 Å². The molecule has 1 fully saturated rings. The summed E-state index contributed by atoms with van der Waals surface area (Å²) in [4.78, 5) is 10.8. The normalized spacial score (nSPS) is 29.6. The fourth-order valence-electron chi connectivity index (χ4n) is 2.50. The van der Waals surface area contributed by atoms with Crippen molar-refractivity contribution in [2.45, 2.75) is 57.2 Å². The summed E-state index contributed by atoms with van der Waals surface area (Å²) in [7, 11) is -1.91. The number of benzene rings is 1. The average molecular weight is 278 g/mol. The fourth-order valence-corrected chi connectivity index (χ4v) is 3.84. The van der Waals surface area contributed by atoms with E-state index < -0.39 is 14.1 Å². The first-order chi connectivity index (χ1) is 8.76. The number of hydrogen-bond acceptors (Lipinski definition) is 3. The zero-order valence-electron chi connectivity index (χ0n) is 12.3. The van der Waals surface area contributed by atoms with Gasteiger partial charge in [0.15, 0.2) is 14.4 Å². The third-order valence-corrected chi connectivity index (χ3v) is 9.15. The van der Waals surface area contributed by atoms with Crippen LogP contribution in [-0.2, 0) is 26.4 Å². The molecule has 3 nitrogen and oxygen atoms in total. The maximum absolute atomic E-state index is 6.57. The minimum atomic E-state index is -1.91. The Morgan fingerprint density at radius 2 is 1.95 bits per heavy atom. The lowest BCUT2D eigenvalue weighted by Gasteiger charge is -2.49. The molecule has 2 aliphatic rings. The Morgan fingerprint density at radius 3 is 2.53 bits per heavy atom. The molecule has 19 heavy (non-hydrogen) atoms. The zero-order valence-corrected chi connectivity index (χ0v) is 13.3. The molecular weight excluding hydrogens is 256 g/mol. The van der Waals surface area contributed by atoms with Crippen molar-refractivity contribution in [3.05, 3.63) is 35.4 Å². The summed E-state index contributed by atoms with van der Waals surface area (Å²) in [5.41, 5.74) is 2.43. The molecule has 1 saturated heterocycles. The minimum Gasteiger partial charge on any atom is -0.382 e. The molecule has 1 aromatic carbocycles. The van der Waals surface area contributed by atoms with E-state index in [9.17, 15) is 0 Å². The van der Waals surface area contributed by atoms with Crippen LogP contribution in [0.5, 0.6) is 0 Å². The lowest BCUT2D eigenvalue weighted by atomic mass is 10.1. The van der Waals surface area contributed by atoms with Gasteiger partial charge in [0.25, 0.3) is 0 Å². The van der Waals surface area contributed by atoms with Crippen molar-refractivity contribution >= 4 is 8.32 Å². The van der Waals surface area contributed by atoms with Crippen LogP contribution in [0.1, 0.15) is 31.9 Å². The van der Waals surface area contributed by atoms with Gasteiger partial charge in [-0.3, -0.25) is 0 Å². The van der Waals surface area contributed by atoms with Gasteiger partial charge in [0, 0.05) is 12.0 Å². The lowest BCUT2D eigenvalue weighted by molar-refractivity contribution is -0.564. The molecule has 1 aromatic rings. The van der Waals surface area contributed by atoms with E-state index in [-0.39, 0.29) is 11.1 Å². The highest BCUT2D eigenvalue weighted by Crippen LogP contribution is 2.53. The summed E-state index contributed by atoms with van der Waals surface area (Å²) in [6.45, 7) is 11.2. The van der Waals surface area contributed by atoms with Crippen LogP contribution >= 0.6 is 0 Å². The standard InChI is InChI=1S/C15H22O3Si/c1-14(2,3)19(4,5)18-15-12-9-7-6-8-11(12)10-13(15)16-17-15/h6-9,13H,10H2,1-5H3/t13-,15-/m0/s1. The molecule has 1 aliphatic carbocycles. The quantitative estimate of drug-likeness (QED) is 0.609. The van der Waals surface area contributed by atoms with E-state index in [0.29, 0.717) is 0 Å². The summed E-state index contributed by atoms with van der Waals surface area (Å²) in [5.74, 6) is -0.653. The Hall–Kier alpha value is -0.683. The van der Waals surface area contributed by atoms with Gasteiger partial charge in [0.05, 0.1) is 0 Å². The fraction of sp³-hybridized carbons (Fsp3) is 0.600. The molecule has 2 atom stereocenters. The van der Waals surface area contributed by atoms with Crippen molar-refractivity contribution in [2.75, 3.05) is 0 Å². The second-order valence-electron chi connectivity index (χ2n) is 7.06. The smallest absolute Gasteiger partial charge is 0.249 e. The van der Waals surface area contributed by atoms with Gasteiger partial charge in [-0.15, -0.1) is 0 Å². The zero-order chi connectivity index (χ0) is 13.9. The molecule has 1 aliphatic heterocycles. The number of hydrogen-bond donors (Lipinski definition) is 0. The van der Waals surface area contributed by atoms with Crippen molar-refractivity contribution in [1.82, 2.24) is 0 Å². The van der Waals surface area contributed by atoms with Crippen LogP contribution in [-0.4, -0.2) is 14.4 Å². The lowest BCUT2D eigenvalue weighted by Crippen LogP contribution is -2.59. The molecule has 4 heteroatoms. The summed E-state index contributed by atoms with van der Waals surface area (Å²) >= 11 is 0. The highest BCUT2D eigenvalue weighted by molar-refractivity contribution is 6.74. The van der Waals surface area contributed by atoms with Crippen LogP contribution in [0.25, 0.3) is 0 Å². The van der Waals surface area contributed by atoms with Gasteiger partial charge >= 0.3 is 0 Å². The predicted octanol–water partition coefficient (Wildman–Crippen LogP) is 3.75. The molecule has 0 N–H and O–H groups in total. The van der Waals surface area contributed by atoms with Crippen molar-refractivity contribution < 1.29 is 14.2 Å². The molecule has 104 valence electrons. The van der Waals surface area contributed by atoms with Gasteiger partial charge in [0.1, 0.15) is 0 Å². The van der Waals surface area contributed by atoms with Crippen LogP contribution in [0.4, 0.5) is 0 Å². The van der Waals surface area contributed by atoms with Crippen LogP contribution < -0.4 is 0 Å². The van der Waals surface area contributed by atoms with E-state index in [1.165, 1.54) is 5.56 Å². The summed E-state index contributed by atoms with van der Waals surface area (Å²) in [6, 6.07) is 8.34. The van der Waals surface area contributed by atoms with Gasteiger partial charge in [-0.1, -0.05) is 45.0 Å². The van der Waals surface area contributed by atoms with Crippen molar-refractivity contribution in [2.24, 2.45) is 0 Å². The average Bonchev–Trinajstić information content (AvgIpc) is 2.49. The molecule has 0 radical (unpaired) electrons. The minimum absolute atomic E-state index is 0.0130. The summed E-state index contributed by atoms with van der Waals surface area (Å²) in [6.07, 6.45) is 0.893. The largest absolute Gasteiger partial charge is 0.382 e. The first kappa shape index (κ1) is 13.3. The summed E-state index contributed by atoms with van der Waals surface area (Å²) in [5, 5.41) is 0.156. The Morgan fingerprint density at radius 1 is 1.26 bits per heavy atom. The monoisotopic (exact) mass is 278 g/mol. The van der Waals surface area contributed by atoms with Crippen LogP contribution in [0, 0.1) is 0 Å². The van der Waals surface area contributed by atoms with Crippen LogP contribution in [0.3, 0.4) is 0 Å². The highest BCUT2D eigenvalue weighted by Gasteiger charge is 2.62.